The summed E-state index contributed by atoms with van der Waals surface area (Å²) in [6.45, 7) is 8.71. The molecule has 28 heavy (non-hydrogen) atoms. The van der Waals surface area contributed by atoms with Crippen molar-refractivity contribution in [1.82, 2.24) is 15.1 Å². The SMILES string of the molecule is CCn1nc(C(=O)NC(CC(C)(C)C)c2ccccc2)c2ccccc2c1=O. The summed E-state index contributed by atoms with van der Waals surface area (Å²) in [5, 5.41) is 8.60. The molecule has 3 aromatic rings. The van der Waals surface area contributed by atoms with E-state index in [2.05, 4.69) is 31.2 Å². The Balaban J connectivity index is 2.03. The predicted molar refractivity (Wildman–Crippen MR) is 112 cm³/mol. The van der Waals surface area contributed by atoms with Gasteiger partial charge < -0.3 is 5.32 Å². The van der Waals surface area contributed by atoms with Gasteiger partial charge in [-0.2, -0.15) is 5.10 Å². The van der Waals surface area contributed by atoms with Crippen LogP contribution in [0.2, 0.25) is 0 Å². The molecule has 0 saturated heterocycles. The Morgan fingerprint density at radius 3 is 2.25 bits per heavy atom. The number of benzene rings is 2. The maximum absolute atomic E-state index is 13.2. The highest BCUT2D eigenvalue weighted by atomic mass is 16.2. The van der Waals surface area contributed by atoms with E-state index in [0.717, 1.165) is 12.0 Å². The second kappa shape index (κ2) is 7.97. The molecule has 0 saturated carbocycles. The lowest BCUT2D eigenvalue weighted by Crippen LogP contribution is -2.34. The molecule has 146 valence electrons. The third-order valence-electron chi connectivity index (χ3n) is 4.71. The average molecular weight is 377 g/mol. The van der Waals surface area contributed by atoms with Crippen LogP contribution in [0.3, 0.4) is 0 Å². The summed E-state index contributed by atoms with van der Waals surface area (Å²) in [5.74, 6) is -0.267. The van der Waals surface area contributed by atoms with E-state index in [1.165, 1.54) is 4.68 Å². The lowest BCUT2D eigenvalue weighted by molar-refractivity contribution is 0.0920. The molecule has 1 heterocycles. The van der Waals surface area contributed by atoms with Crippen molar-refractivity contribution in [3.63, 3.8) is 0 Å². The number of amides is 1. The van der Waals surface area contributed by atoms with E-state index >= 15 is 0 Å². The molecule has 1 aromatic heterocycles. The van der Waals surface area contributed by atoms with Gasteiger partial charge in [0.2, 0.25) is 0 Å². The number of aryl methyl sites for hydroxylation is 1. The van der Waals surface area contributed by atoms with Crippen LogP contribution in [-0.2, 0) is 6.54 Å². The maximum Gasteiger partial charge on any atom is 0.274 e. The zero-order valence-corrected chi connectivity index (χ0v) is 16.9. The number of nitrogens with one attached hydrogen (secondary N) is 1. The lowest BCUT2D eigenvalue weighted by atomic mass is 9.85. The molecule has 0 fully saturated rings. The predicted octanol–water partition coefficient (Wildman–Crippen LogP) is 4.32. The number of aromatic nitrogens is 2. The lowest BCUT2D eigenvalue weighted by Gasteiger charge is -2.27. The van der Waals surface area contributed by atoms with Crippen LogP contribution in [0.5, 0.6) is 0 Å². The largest absolute Gasteiger partial charge is 0.344 e. The Morgan fingerprint density at radius 2 is 1.64 bits per heavy atom. The first-order chi connectivity index (χ1) is 13.3. The van der Waals surface area contributed by atoms with Gasteiger partial charge in [-0.15, -0.1) is 0 Å². The first-order valence-corrected chi connectivity index (χ1v) is 9.66. The molecule has 0 aliphatic carbocycles. The molecule has 5 heteroatoms. The van der Waals surface area contributed by atoms with Crippen LogP contribution in [0.15, 0.2) is 59.4 Å². The normalized spacial score (nSPS) is 12.7. The monoisotopic (exact) mass is 377 g/mol. The van der Waals surface area contributed by atoms with Crippen molar-refractivity contribution in [3.8, 4) is 0 Å². The van der Waals surface area contributed by atoms with E-state index in [1.807, 2.05) is 43.3 Å². The standard InChI is InChI=1S/C23H27N3O2/c1-5-26-22(28)18-14-10-9-13-17(18)20(25-26)21(27)24-19(15-23(2,3)4)16-11-7-6-8-12-16/h6-14,19H,5,15H2,1-4H3,(H,24,27). The van der Waals surface area contributed by atoms with Gasteiger partial charge in [0.1, 0.15) is 0 Å². The number of carbonyl (C=O) groups is 1. The Labute approximate surface area is 165 Å². The molecule has 3 rings (SSSR count). The average Bonchev–Trinajstić information content (AvgIpc) is 2.67. The van der Waals surface area contributed by atoms with Gasteiger partial charge in [-0.05, 0) is 30.4 Å². The number of fused-ring (bicyclic) bond motifs is 1. The van der Waals surface area contributed by atoms with Crippen LogP contribution in [-0.4, -0.2) is 15.7 Å². The van der Waals surface area contributed by atoms with Crippen molar-refractivity contribution in [3.05, 3.63) is 76.2 Å². The summed E-state index contributed by atoms with van der Waals surface area (Å²) < 4.78 is 1.35. The summed E-state index contributed by atoms with van der Waals surface area (Å²) in [4.78, 5) is 25.8. The summed E-state index contributed by atoms with van der Waals surface area (Å²) >= 11 is 0. The minimum Gasteiger partial charge on any atom is -0.344 e. The zero-order valence-electron chi connectivity index (χ0n) is 16.9. The molecule has 1 N–H and O–H groups in total. The van der Waals surface area contributed by atoms with Gasteiger partial charge in [-0.1, -0.05) is 69.3 Å². The number of nitrogens with zero attached hydrogens (tertiary/aromatic N) is 2. The first-order valence-electron chi connectivity index (χ1n) is 9.66. The fourth-order valence-corrected chi connectivity index (χ4v) is 3.39. The third kappa shape index (κ3) is 4.30. The third-order valence-corrected chi connectivity index (χ3v) is 4.71. The molecule has 0 radical (unpaired) electrons. The van der Waals surface area contributed by atoms with Crippen molar-refractivity contribution in [2.75, 3.05) is 0 Å². The van der Waals surface area contributed by atoms with Gasteiger partial charge >= 0.3 is 0 Å². The molecule has 5 nitrogen and oxygen atoms in total. The second-order valence-corrected chi connectivity index (χ2v) is 8.22. The van der Waals surface area contributed by atoms with Gasteiger partial charge in [0.15, 0.2) is 5.69 Å². The molecule has 1 unspecified atom stereocenters. The summed E-state index contributed by atoms with van der Waals surface area (Å²) in [6, 6.07) is 17.0. The van der Waals surface area contributed by atoms with E-state index < -0.39 is 0 Å². The highest BCUT2D eigenvalue weighted by Crippen LogP contribution is 2.29. The minimum absolute atomic E-state index is 0.0332. The Bertz CT molecular complexity index is 1030. The molecule has 0 aliphatic rings. The molecule has 1 amide bonds. The van der Waals surface area contributed by atoms with Crippen molar-refractivity contribution in [2.45, 2.75) is 46.7 Å². The van der Waals surface area contributed by atoms with Gasteiger partial charge in [0.05, 0.1) is 11.4 Å². The number of carbonyl (C=O) groups excluding carboxylic acids is 1. The van der Waals surface area contributed by atoms with E-state index in [0.29, 0.717) is 17.3 Å². The fraction of sp³-hybridized carbons (Fsp3) is 0.348. The van der Waals surface area contributed by atoms with Crippen molar-refractivity contribution in [2.24, 2.45) is 5.41 Å². The van der Waals surface area contributed by atoms with E-state index in [-0.39, 0.29) is 28.6 Å². The fourth-order valence-electron chi connectivity index (χ4n) is 3.39. The van der Waals surface area contributed by atoms with Crippen LogP contribution in [0, 0.1) is 5.41 Å². The maximum atomic E-state index is 13.2. The summed E-state index contributed by atoms with van der Waals surface area (Å²) in [6.07, 6.45) is 0.786. The van der Waals surface area contributed by atoms with Crippen LogP contribution < -0.4 is 10.9 Å². The highest BCUT2D eigenvalue weighted by Gasteiger charge is 2.24. The van der Waals surface area contributed by atoms with E-state index in [9.17, 15) is 9.59 Å². The Hall–Kier alpha value is -2.95. The van der Waals surface area contributed by atoms with Crippen molar-refractivity contribution >= 4 is 16.7 Å². The van der Waals surface area contributed by atoms with E-state index in [4.69, 9.17) is 0 Å². The minimum atomic E-state index is -0.267. The topological polar surface area (TPSA) is 64.0 Å². The van der Waals surface area contributed by atoms with Crippen LogP contribution >= 0.6 is 0 Å². The van der Waals surface area contributed by atoms with E-state index in [1.54, 1.807) is 18.2 Å². The van der Waals surface area contributed by atoms with Crippen LogP contribution in [0.25, 0.3) is 10.8 Å². The van der Waals surface area contributed by atoms with Crippen molar-refractivity contribution in [1.29, 1.82) is 0 Å². The number of hydrogen-bond acceptors (Lipinski definition) is 3. The van der Waals surface area contributed by atoms with Gasteiger partial charge in [-0.3, -0.25) is 9.59 Å². The second-order valence-electron chi connectivity index (χ2n) is 8.22. The van der Waals surface area contributed by atoms with Gasteiger partial charge in [0.25, 0.3) is 11.5 Å². The highest BCUT2D eigenvalue weighted by molar-refractivity contribution is 6.04. The molecular weight excluding hydrogens is 350 g/mol. The first kappa shape index (κ1) is 19.8. The number of hydrogen-bond donors (Lipinski definition) is 1. The van der Waals surface area contributed by atoms with Gasteiger partial charge in [0, 0.05) is 11.9 Å². The quantitative estimate of drug-likeness (QED) is 0.720. The Kier molecular flexibility index (Phi) is 5.63. The molecule has 0 aliphatic heterocycles. The Morgan fingerprint density at radius 1 is 1.04 bits per heavy atom. The zero-order chi connectivity index (χ0) is 20.3. The molecule has 1 atom stereocenters. The molecule has 0 bridgehead atoms. The summed E-state index contributed by atoms with van der Waals surface area (Å²) in [7, 11) is 0. The van der Waals surface area contributed by atoms with Crippen molar-refractivity contribution < 1.29 is 4.79 Å². The smallest absolute Gasteiger partial charge is 0.274 e. The molecular formula is C23H27N3O2. The molecule has 2 aromatic carbocycles. The van der Waals surface area contributed by atoms with Crippen LogP contribution in [0.1, 0.15) is 56.2 Å². The van der Waals surface area contributed by atoms with Crippen LogP contribution in [0.4, 0.5) is 0 Å². The molecule has 0 spiro atoms. The summed E-state index contributed by atoms with van der Waals surface area (Å²) in [5.41, 5.74) is 1.20. The van der Waals surface area contributed by atoms with Gasteiger partial charge in [-0.25, -0.2) is 4.68 Å². The number of rotatable bonds is 5.